The number of benzene rings is 1. The summed E-state index contributed by atoms with van der Waals surface area (Å²) >= 11 is 1.88. The van der Waals surface area contributed by atoms with Crippen molar-refractivity contribution in [3.05, 3.63) is 57.8 Å². The van der Waals surface area contributed by atoms with Crippen molar-refractivity contribution in [2.45, 2.75) is 44.9 Å². The molecule has 114 valence electrons. The van der Waals surface area contributed by atoms with Crippen molar-refractivity contribution in [3.63, 3.8) is 0 Å². The third-order valence-corrected chi connectivity index (χ3v) is 4.72. The second-order valence-corrected chi connectivity index (χ2v) is 6.56. The molecule has 0 aliphatic carbocycles. The molecule has 0 saturated carbocycles. The molecule has 0 amide bonds. The number of hydrogen-bond acceptors (Lipinski definition) is 2. The molecule has 0 saturated heterocycles. The molecule has 2 nitrogen and oxygen atoms in total. The molecule has 1 aromatic carbocycles. The van der Waals surface area contributed by atoms with Crippen molar-refractivity contribution in [3.8, 4) is 0 Å². The summed E-state index contributed by atoms with van der Waals surface area (Å²) in [7, 11) is 0. The Morgan fingerprint density at radius 1 is 0.864 bits per heavy atom. The second kappa shape index (κ2) is 11.0. The molecule has 0 fully saturated rings. The molecule has 1 aromatic heterocycles. The van der Waals surface area contributed by atoms with E-state index in [9.17, 15) is 4.79 Å². The van der Waals surface area contributed by atoms with Gasteiger partial charge >= 0.3 is 35.5 Å². The molecule has 1 heterocycles. The van der Waals surface area contributed by atoms with Crippen LogP contribution in [0.4, 0.5) is 0 Å². The summed E-state index contributed by atoms with van der Waals surface area (Å²) in [5.41, 5.74) is 1.41. The summed E-state index contributed by atoms with van der Waals surface area (Å²) in [5.74, 6) is -0.692. The van der Waals surface area contributed by atoms with Gasteiger partial charge in [-0.1, -0.05) is 30.3 Å². The predicted molar refractivity (Wildman–Crippen MR) is 95.1 cm³/mol. The van der Waals surface area contributed by atoms with Gasteiger partial charge in [0, 0.05) is 16.2 Å². The zero-order valence-electron chi connectivity index (χ0n) is 12.3. The fourth-order valence-corrected chi connectivity index (χ4v) is 3.48. The number of rotatable bonds is 9. The van der Waals surface area contributed by atoms with Crippen molar-refractivity contribution >= 4 is 46.9 Å². The van der Waals surface area contributed by atoms with E-state index < -0.39 is 5.97 Å². The molecule has 0 bridgehead atoms. The molecule has 22 heavy (non-hydrogen) atoms. The fraction of sp³-hybridized carbons (Fsp3) is 0.389. The van der Waals surface area contributed by atoms with Crippen LogP contribution in [0.15, 0.2) is 42.5 Å². The molecule has 2 rings (SSSR count). The summed E-state index contributed by atoms with van der Waals surface area (Å²) in [6.07, 6.45) is 6.49. The van der Waals surface area contributed by atoms with Crippen LogP contribution in [-0.2, 0) is 24.1 Å². The molecule has 0 aliphatic heterocycles. The Bertz CT molecular complexity index is 551. The number of aliphatic carboxylic acids is 1. The number of carbonyl (C=O) groups is 1. The zero-order chi connectivity index (χ0) is 14.9. The Kier molecular flexibility index (Phi) is 9.73. The molecule has 0 aliphatic rings. The Morgan fingerprint density at radius 3 is 2.14 bits per heavy atom. The van der Waals surface area contributed by atoms with E-state index in [-0.39, 0.29) is 36.0 Å². The van der Waals surface area contributed by atoms with Crippen LogP contribution in [0.2, 0.25) is 0 Å². The monoisotopic (exact) mass is 326 g/mol. The minimum absolute atomic E-state index is 0. The van der Waals surface area contributed by atoms with Gasteiger partial charge in [0.05, 0.1) is 0 Å². The van der Waals surface area contributed by atoms with Gasteiger partial charge in [0.15, 0.2) is 0 Å². The van der Waals surface area contributed by atoms with Crippen LogP contribution in [-0.4, -0.2) is 40.6 Å². The van der Waals surface area contributed by atoms with E-state index in [1.54, 1.807) is 0 Å². The third kappa shape index (κ3) is 7.59. The van der Waals surface area contributed by atoms with E-state index >= 15 is 0 Å². The van der Waals surface area contributed by atoms with Crippen molar-refractivity contribution in [1.82, 2.24) is 0 Å². The van der Waals surface area contributed by atoms with Crippen molar-refractivity contribution < 1.29 is 9.90 Å². The van der Waals surface area contributed by atoms with Gasteiger partial charge in [0.1, 0.15) is 0 Å². The molecule has 4 heteroatoms. The van der Waals surface area contributed by atoms with Crippen LogP contribution in [0, 0.1) is 0 Å². The van der Waals surface area contributed by atoms with Gasteiger partial charge in [0.2, 0.25) is 0 Å². The SMILES string of the molecule is O=C(O)CCCCc1ccc(CCCc2ccccc2)s1.[NaH]. The first-order chi connectivity index (χ1) is 10.2. The minimum atomic E-state index is -0.692. The van der Waals surface area contributed by atoms with Crippen LogP contribution < -0.4 is 0 Å². The Balaban J connectivity index is 0.00000242. The third-order valence-electron chi connectivity index (χ3n) is 3.51. The van der Waals surface area contributed by atoms with Gasteiger partial charge in [-0.3, -0.25) is 4.79 Å². The predicted octanol–water partition coefficient (Wildman–Crippen LogP) is 4.07. The number of hydrogen-bond donors (Lipinski definition) is 1. The van der Waals surface area contributed by atoms with Crippen LogP contribution >= 0.6 is 11.3 Å². The molecule has 1 N–H and O–H groups in total. The van der Waals surface area contributed by atoms with Crippen molar-refractivity contribution in [2.75, 3.05) is 0 Å². The molecule has 2 aromatic rings. The first kappa shape index (κ1) is 19.4. The summed E-state index contributed by atoms with van der Waals surface area (Å²) in [5, 5.41) is 8.61. The average molecular weight is 326 g/mol. The number of carboxylic acids is 1. The second-order valence-electron chi connectivity index (χ2n) is 5.31. The van der Waals surface area contributed by atoms with Gasteiger partial charge in [-0.15, -0.1) is 11.3 Å². The van der Waals surface area contributed by atoms with Crippen LogP contribution in [0.1, 0.15) is 41.0 Å². The van der Waals surface area contributed by atoms with Gasteiger partial charge in [-0.2, -0.15) is 0 Å². The maximum absolute atomic E-state index is 10.5. The summed E-state index contributed by atoms with van der Waals surface area (Å²) in [4.78, 5) is 13.3. The van der Waals surface area contributed by atoms with Crippen molar-refractivity contribution in [2.24, 2.45) is 0 Å². The van der Waals surface area contributed by atoms with Gasteiger partial charge < -0.3 is 5.11 Å². The van der Waals surface area contributed by atoms with Gasteiger partial charge in [-0.25, -0.2) is 0 Å². The van der Waals surface area contributed by atoms with Crippen LogP contribution in [0.25, 0.3) is 0 Å². The van der Waals surface area contributed by atoms with E-state index in [4.69, 9.17) is 5.11 Å². The van der Waals surface area contributed by atoms with Crippen LogP contribution in [0.3, 0.4) is 0 Å². The fourth-order valence-electron chi connectivity index (χ4n) is 2.38. The van der Waals surface area contributed by atoms with Gasteiger partial charge in [-0.05, 0) is 56.2 Å². The number of thiophene rings is 1. The Morgan fingerprint density at radius 2 is 1.50 bits per heavy atom. The van der Waals surface area contributed by atoms with E-state index in [1.807, 2.05) is 11.3 Å². The number of aryl methyl sites for hydroxylation is 3. The van der Waals surface area contributed by atoms with E-state index in [2.05, 4.69) is 42.5 Å². The maximum atomic E-state index is 10.5. The number of unbranched alkanes of at least 4 members (excludes halogenated alkanes) is 1. The average Bonchev–Trinajstić information content (AvgIpc) is 2.92. The molecule has 0 atom stereocenters. The summed E-state index contributed by atoms with van der Waals surface area (Å²) in [6.45, 7) is 0. The summed E-state index contributed by atoms with van der Waals surface area (Å²) in [6, 6.07) is 15.0. The van der Waals surface area contributed by atoms with E-state index in [1.165, 1.54) is 21.7 Å². The van der Waals surface area contributed by atoms with E-state index in [0.29, 0.717) is 0 Å². The Labute approximate surface area is 158 Å². The zero-order valence-corrected chi connectivity index (χ0v) is 13.1. The van der Waals surface area contributed by atoms with E-state index in [0.717, 1.165) is 32.1 Å². The van der Waals surface area contributed by atoms with Crippen molar-refractivity contribution in [1.29, 1.82) is 0 Å². The standard InChI is InChI=1S/C18H22O2S.Na.H/c19-18(20)12-5-4-10-16-13-14-17(21-16)11-6-9-15-7-2-1-3-8-15;;/h1-3,7-8,13-14H,4-6,9-12H2,(H,19,20);;. The first-order valence-electron chi connectivity index (χ1n) is 7.57. The normalized spacial score (nSPS) is 10.2. The molecule has 0 unspecified atom stereocenters. The topological polar surface area (TPSA) is 37.3 Å². The first-order valence-corrected chi connectivity index (χ1v) is 8.39. The quantitative estimate of drug-likeness (QED) is 0.557. The Hall–Kier alpha value is -0.610. The molecular formula is C18H23NaO2S. The molecule has 0 radical (unpaired) electrons. The molecular weight excluding hydrogens is 303 g/mol. The number of carboxylic acid groups (broad SMARTS) is 1. The summed E-state index contributed by atoms with van der Waals surface area (Å²) < 4.78 is 0. The molecule has 0 spiro atoms. The van der Waals surface area contributed by atoms with Crippen LogP contribution in [0.5, 0.6) is 0 Å². The van der Waals surface area contributed by atoms with Gasteiger partial charge in [0.25, 0.3) is 0 Å².